The largest absolute Gasteiger partial charge is 0.493 e. The summed E-state index contributed by atoms with van der Waals surface area (Å²) in [6.07, 6.45) is -9.92. The van der Waals surface area contributed by atoms with Crippen molar-refractivity contribution in [1.29, 1.82) is 0 Å². The van der Waals surface area contributed by atoms with Crippen LogP contribution in [0.4, 0.5) is 26.3 Å². The van der Waals surface area contributed by atoms with Crippen molar-refractivity contribution in [3.63, 3.8) is 0 Å². The number of aryl methyl sites for hydroxylation is 1. The fourth-order valence-corrected chi connectivity index (χ4v) is 4.14. The molecule has 0 bridgehead atoms. The number of nitrogens with zero attached hydrogens (tertiary/aromatic N) is 4. The van der Waals surface area contributed by atoms with E-state index in [1.807, 2.05) is 0 Å². The van der Waals surface area contributed by atoms with E-state index in [-0.39, 0.29) is 36.7 Å². The number of fused-ring (bicyclic) bond motifs is 2. The highest BCUT2D eigenvalue weighted by Gasteiger charge is 2.43. The van der Waals surface area contributed by atoms with Crippen LogP contribution >= 0.6 is 22.6 Å². The van der Waals surface area contributed by atoms with E-state index >= 15 is 0 Å². The van der Waals surface area contributed by atoms with E-state index < -0.39 is 29.8 Å². The number of benzene rings is 1. The van der Waals surface area contributed by atoms with Gasteiger partial charge in [-0.1, -0.05) is 40.8 Å². The van der Waals surface area contributed by atoms with Gasteiger partial charge in [-0.3, -0.25) is 4.57 Å². The van der Waals surface area contributed by atoms with Crippen LogP contribution in [-0.4, -0.2) is 19.1 Å². The van der Waals surface area contributed by atoms with Crippen LogP contribution in [0.25, 0.3) is 28.0 Å². The van der Waals surface area contributed by atoms with Crippen LogP contribution in [0.1, 0.15) is 17.0 Å². The molecule has 0 N–H and O–H groups in total. The fraction of sp³-hybridized carbons (Fsp3) is 0.222. The topological polar surface area (TPSA) is 35.6 Å². The van der Waals surface area contributed by atoms with E-state index in [1.54, 1.807) is 28.7 Å². The highest BCUT2D eigenvalue weighted by atomic mass is 127. The molecular formula is C18H11F6IN4. The van der Waals surface area contributed by atoms with Gasteiger partial charge in [-0.2, -0.15) is 13.2 Å². The van der Waals surface area contributed by atoms with Crippen molar-refractivity contribution in [1.82, 2.24) is 19.1 Å². The zero-order valence-corrected chi connectivity index (χ0v) is 16.8. The number of pyridine rings is 1. The Hall–Kier alpha value is -2.31. The standard InChI is InChI=1S/C18H11F6IN4/c1-9-6-7-12-15(26-9)29(18(22,23)24)16(27-12)28-13-5-3-2-4-10(13)11(8-25)14(28)17(19,20)21/h2-7H,8H2,1H3. The van der Waals surface area contributed by atoms with Gasteiger partial charge in [-0.25, -0.2) is 14.5 Å². The van der Waals surface area contributed by atoms with Crippen molar-refractivity contribution in [2.75, 3.05) is 0 Å². The number of hydrogen-bond donors (Lipinski definition) is 0. The van der Waals surface area contributed by atoms with Crippen LogP contribution in [0, 0.1) is 6.92 Å². The number of alkyl halides is 7. The van der Waals surface area contributed by atoms with Crippen molar-refractivity contribution in [3.8, 4) is 5.95 Å². The first kappa shape index (κ1) is 20.0. The lowest BCUT2D eigenvalue weighted by Crippen LogP contribution is -2.23. The first-order valence-electron chi connectivity index (χ1n) is 8.23. The second-order valence-electron chi connectivity index (χ2n) is 6.32. The maximum absolute atomic E-state index is 14.0. The number of rotatable bonds is 2. The molecule has 152 valence electrons. The summed E-state index contributed by atoms with van der Waals surface area (Å²) in [4.78, 5) is 7.77. The van der Waals surface area contributed by atoms with Gasteiger partial charge in [-0.15, -0.1) is 13.2 Å². The summed E-state index contributed by atoms with van der Waals surface area (Å²) < 4.78 is 84.1. The number of hydrogen-bond acceptors (Lipinski definition) is 2. The molecule has 11 heteroatoms. The molecular weight excluding hydrogens is 513 g/mol. The highest BCUT2D eigenvalue weighted by molar-refractivity contribution is 14.1. The van der Waals surface area contributed by atoms with Gasteiger partial charge < -0.3 is 0 Å². The first-order chi connectivity index (χ1) is 13.5. The van der Waals surface area contributed by atoms with Crippen LogP contribution < -0.4 is 0 Å². The SMILES string of the molecule is Cc1ccc2nc(-n3c(C(F)(F)F)c(CI)c4ccccc43)n(C(F)(F)F)c2n1. The predicted octanol–water partition coefficient (Wildman–Crippen LogP) is 6.11. The molecule has 0 aliphatic rings. The zero-order valence-electron chi connectivity index (χ0n) is 14.6. The van der Waals surface area contributed by atoms with Crippen molar-refractivity contribution in [3.05, 3.63) is 53.3 Å². The minimum absolute atomic E-state index is 0.0102. The Morgan fingerprint density at radius 1 is 0.966 bits per heavy atom. The second-order valence-corrected chi connectivity index (χ2v) is 7.08. The van der Waals surface area contributed by atoms with E-state index in [2.05, 4.69) is 9.97 Å². The summed E-state index contributed by atoms with van der Waals surface area (Å²) in [6, 6.07) is 8.58. The van der Waals surface area contributed by atoms with Crippen molar-refractivity contribution in [2.45, 2.75) is 23.8 Å². The molecule has 0 radical (unpaired) electrons. The Morgan fingerprint density at radius 3 is 2.28 bits per heavy atom. The Bertz CT molecular complexity index is 1240. The summed E-state index contributed by atoms with van der Waals surface area (Å²) in [5, 5.41) is 0.221. The fourth-order valence-electron chi connectivity index (χ4n) is 3.37. The van der Waals surface area contributed by atoms with Crippen LogP contribution in [0.2, 0.25) is 0 Å². The second kappa shape index (κ2) is 6.61. The summed E-state index contributed by atoms with van der Waals surface area (Å²) in [7, 11) is 0. The van der Waals surface area contributed by atoms with E-state index in [4.69, 9.17) is 0 Å². The third-order valence-electron chi connectivity index (χ3n) is 4.46. The van der Waals surface area contributed by atoms with Gasteiger partial charge in [0.25, 0.3) is 0 Å². The van der Waals surface area contributed by atoms with Crippen molar-refractivity contribution < 1.29 is 26.3 Å². The molecule has 4 rings (SSSR count). The molecule has 4 nitrogen and oxygen atoms in total. The van der Waals surface area contributed by atoms with Crippen LogP contribution in [0.5, 0.6) is 0 Å². The van der Waals surface area contributed by atoms with E-state index in [1.165, 1.54) is 37.3 Å². The minimum atomic E-state index is -5.02. The lowest BCUT2D eigenvalue weighted by molar-refractivity contribution is -0.201. The first-order valence-corrected chi connectivity index (χ1v) is 9.75. The number of imidazole rings is 1. The quantitative estimate of drug-likeness (QED) is 0.180. The van der Waals surface area contributed by atoms with Gasteiger partial charge in [0.15, 0.2) is 5.65 Å². The third-order valence-corrected chi connectivity index (χ3v) is 5.22. The molecule has 0 atom stereocenters. The van der Waals surface area contributed by atoms with Crippen LogP contribution in [0.3, 0.4) is 0 Å². The maximum atomic E-state index is 14.0. The van der Waals surface area contributed by atoms with Crippen molar-refractivity contribution >= 4 is 44.7 Å². The molecule has 29 heavy (non-hydrogen) atoms. The van der Waals surface area contributed by atoms with Gasteiger partial charge >= 0.3 is 12.5 Å². The molecule has 3 heterocycles. The van der Waals surface area contributed by atoms with Gasteiger partial charge in [-0.05, 0) is 25.1 Å². The van der Waals surface area contributed by atoms with Crippen molar-refractivity contribution in [2.24, 2.45) is 0 Å². The van der Waals surface area contributed by atoms with E-state index in [9.17, 15) is 26.3 Å². The summed E-state index contributed by atoms with van der Waals surface area (Å²) in [5.74, 6) is -0.898. The number of aromatic nitrogens is 4. The van der Waals surface area contributed by atoms with Gasteiger partial charge in [0.1, 0.15) is 11.2 Å². The molecule has 0 fully saturated rings. The third kappa shape index (κ3) is 3.15. The molecule has 0 saturated carbocycles. The summed E-state index contributed by atoms with van der Waals surface area (Å²) >= 11 is 1.77. The molecule has 0 aliphatic heterocycles. The highest BCUT2D eigenvalue weighted by Crippen LogP contribution is 2.42. The van der Waals surface area contributed by atoms with E-state index in [0.29, 0.717) is 4.57 Å². The predicted molar refractivity (Wildman–Crippen MR) is 103 cm³/mol. The average molecular weight is 524 g/mol. The molecule has 3 aromatic heterocycles. The minimum Gasteiger partial charge on any atom is -0.274 e. The molecule has 4 aromatic rings. The molecule has 0 aliphatic carbocycles. The molecule has 0 saturated heterocycles. The number of halogens is 7. The Morgan fingerprint density at radius 2 is 1.66 bits per heavy atom. The molecule has 0 spiro atoms. The lowest BCUT2D eigenvalue weighted by atomic mass is 10.1. The molecule has 1 aromatic carbocycles. The number of para-hydroxylation sites is 1. The Kier molecular flexibility index (Phi) is 4.55. The zero-order chi connectivity index (χ0) is 21.1. The monoisotopic (exact) mass is 524 g/mol. The average Bonchev–Trinajstić information content (AvgIpc) is 3.15. The van der Waals surface area contributed by atoms with E-state index in [0.717, 1.165) is 0 Å². The summed E-state index contributed by atoms with van der Waals surface area (Å²) in [6.45, 7) is 1.49. The Balaban J connectivity index is 2.23. The van der Waals surface area contributed by atoms with Gasteiger partial charge in [0.05, 0.1) is 5.52 Å². The maximum Gasteiger partial charge on any atom is 0.493 e. The Labute approximate surface area is 173 Å². The van der Waals surface area contributed by atoms with Gasteiger partial charge in [0, 0.05) is 21.1 Å². The normalized spacial score (nSPS) is 13.0. The summed E-state index contributed by atoms with van der Waals surface area (Å²) in [5.41, 5.74) is -1.69. The van der Waals surface area contributed by atoms with Crippen LogP contribution in [0.15, 0.2) is 36.4 Å². The molecule has 0 amide bonds. The lowest BCUT2D eigenvalue weighted by Gasteiger charge is -2.17. The molecule has 0 unspecified atom stereocenters. The smallest absolute Gasteiger partial charge is 0.274 e. The van der Waals surface area contributed by atoms with Crippen LogP contribution in [-0.2, 0) is 16.9 Å². The van der Waals surface area contributed by atoms with Gasteiger partial charge in [0.2, 0.25) is 5.95 Å².